The Hall–Kier alpha value is -2.53. The van der Waals surface area contributed by atoms with Crippen LogP contribution in [0.4, 0.5) is 4.79 Å². The van der Waals surface area contributed by atoms with E-state index in [2.05, 4.69) is 45.6 Å². The lowest BCUT2D eigenvalue weighted by Crippen LogP contribution is -2.36. The summed E-state index contributed by atoms with van der Waals surface area (Å²) in [6, 6.07) is 0.389. The van der Waals surface area contributed by atoms with E-state index in [-0.39, 0.29) is 55.0 Å². The summed E-state index contributed by atoms with van der Waals surface area (Å²) in [7, 11) is 1.63. The maximum Gasteiger partial charge on any atom is 0.315 e. The molecule has 4 amide bonds. The molecule has 3 rings (SSSR count). The van der Waals surface area contributed by atoms with Crippen LogP contribution >= 0.6 is 11.8 Å². The highest BCUT2D eigenvalue weighted by molar-refractivity contribution is 8.00. The van der Waals surface area contributed by atoms with Gasteiger partial charge in [0.05, 0.1) is 77.5 Å². The van der Waals surface area contributed by atoms with E-state index in [9.17, 15) is 19.5 Å². The van der Waals surface area contributed by atoms with Gasteiger partial charge in [0.2, 0.25) is 11.8 Å². The van der Waals surface area contributed by atoms with Crippen molar-refractivity contribution in [2.75, 3.05) is 72.3 Å². The Bertz CT molecular complexity index is 1170. The molecule has 0 bridgehead atoms. The highest BCUT2D eigenvalue weighted by Gasteiger charge is 2.42. The van der Waals surface area contributed by atoms with Gasteiger partial charge < -0.3 is 44.7 Å². The molecular formula is C38H65N5O9S. The Kier molecular flexibility index (Phi) is 23.0. The van der Waals surface area contributed by atoms with Crippen molar-refractivity contribution in [2.45, 2.75) is 114 Å². The number of hydrazone groups is 1. The number of rotatable bonds is 22. The zero-order chi connectivity index (χ0) is 38.1. The Labute approximate surface area is 320 Å². The fourth-order valence-electron chi connectivity index (χ4n) is 6.41. The van der Waals surface area contributed by atoms with Crippen LogP contribution in [0.15, 0.2) is 28.9 Å². The third-order valence-electron chi connectivity index (χ3n) is 9.49. The van der Waals surface area contributed by atoms with E-state index in [0.717, 1.165) is 69.3 Å². The first-order valence-electron chi connectivity index (χ1n) is 19.4. The number of hydrogen-bond acceptors (Lipinski definition) is 11. The van der Waals surface area contributed by atoms with E-state index in [1.54, 1.807) is 7.11 Å². The van der Waals surface area contributed by atoms with Crippen molar-refractivity contribution < 1.29 is 43.2 Å². The smallest absolute Gasteiger partial charge is 0.315 e. The fourth-order valence-corrected chi connectivity index (χ4v) is 7.95. The molecule has 0 aromatic heterocycles. The molecule has 2 heterocycles. The number of allylic oxidation sites excluding steroid dienone is 2. The van der Waals surface area contributed by atoms with Crippen LogP contribution in [0, 0.1) is 5.92 Å². The quantitative estimate of drug-likeness (QED) is 0.0473. The highest BCUT2D eigenvalue weighted by Crippen LogP contribution is 2.33. The maximum absolute atomic E-state index is 12.4. The van der Waals surface area contributed by atoms with E-state index in [1.807, 2.05) is 24.8 Å². The Balaban J connectivity index is 1.10. The zero-order valence-electron chi connectivity index (χ0n) is 32.1. The maximum atomic E-state index is 12.4. The lowest BCUT2D eigenvalue weighted by molar-refractivity contribution is -0.122. The average Bonchev–Trinajstić information content (AvgIpc) is 3.70. The number of nitrogens with one attached hydrogen (secondary N) is 4. The minimum atomic E-state index is -0.610. The van der Waals surface area contributed by atoms with Gasteiger partial charge in [0.15, 0.2) is 0 Å². The molecule has 2 saturated heterocycles. The first-order valence-corrected chi connectivity index (χ1v) is 20.5. The Morgan fingerprint density at radius 3 is 2.38 bits per heavy atom. The van der Waals surface area contributed by atoms with Gasteiger partial charge in [-0.25, -0.2) is 10.2 Å². The van der Waals surface area contributed by atoms with Crippen LogP contribution in [0.1, 0.15) is 84.5 Å². The van der Waals surface area contributed by atoms with Crippen molar-refractivity contribution >= 4 is 35.3 Å². The Morgan fingerprint density at radius 2 is 1.64 bits per heavy atom. The topological polar surface area (TPSA) is 178 Å². The summed E-state index contributed by atoms with van der Waals surface area (Å²) >= 11 is 1.90. The predicted molar refractivity (Wildman–Crippen MR) is 207 cm³/mol. The van der Waals surface area contributed by atoms with Gasteiger partial charge in [0.1, 0.15) is 6.10 Å². The minimum Gasteiger partial charge on any atom is -0.389 e. The van der Waals surface area contributed by atoms with Crippen molar-refractivity contribution in [3.8, 4) is 0 Å². The van der Waals surface area contributed by atoms with E-state index >= 15 is 0 Å². The van der Waals surface area contributed by atoms with Crippen LogP contribution in [0.2, 0.25) is 0 Å². The fraction of sp³-hybridized carbons (Fsp3) is 0.789. The average molecular weight is 768 g/mol. The molecule has 2 fully saturated rings. The van der Waals surface area contributed by atoms with Crippen LogP contribution in [0.3, 0.4) is 0 Å². The molecule has 5 N–H and O–H groups in total. The van der Waals surface area contributed by atoms with Gasteiger partial charge in [-0.2, -0.15) is 16.9 Å². The van der Waals surface area contributed by atoms with Gasteiger partial charge in [-0.1, -0.05) is 37.1 Å². The van der Waals surface area contributed by atoms with Gasteiger partial charge >= 0.3 is 6.03 Å². The molecule has 302 valence electrons. The van der Waals surface area contributed by atoms with Crippen LogP contribution in [-0.2, 0) is 33.3 Å². The zero-order valence-corrected chi connectivity index (χ0v) is 32.9. The van der Waals surface area contributed by atoms with Crippen molar-refractivity contribution in [1.82, 2.24) is 21.4 Å². The molecule has 53 heavy (non-hydrogen) atoms. The van der Waals surface area contributed by atoms with E-state index < -0.39 is 6.10 Å². The first kappa shape index (κ1) is 44.9. The van der Waals surface area contributed by atoms with Crippen molar-refractivity contribution in [3.05, 3.63) is 23.8 Å². The molecule has 0 radical (unpaired) electrons. The second-order valence-electron chi connectivity index (χ2n) is 13.9. The first-order chi connectivity index (χ1) is 25.8. The molecular weight excluding hydrogens is 703 g/mol. The summed E-state index contributed by atoms with van der Waals surface area (Å²) < 4.78 is 27.6. The van der Waals surface area contributed by atoms with Crippen molar-refractivity contribution in [2.24, 2.45) is 11.0 Å². The van der Waals surface area contributed by atoms with Gasteiger partial charge in [0.25, 0.3) is 0 Å². The van der Waals surface area contributed by atoms with Gasteiger partial charge in [-0.15, -0.1) is 0 Å². The minimum absolute atomic E-state index is 0.0333. The van der Waals surface area contributed by atoms with Crippen molar-refractivity contribution in [1.29, 1.82) is 0 Å². The van der Waals surface area contributed by atoms with E-state index in [1.165, 1.54) is 5.57 Å². The summed E-state index contributed by atoms with van der Waals surface area (Å²) in [6.07, 6.45) is 13.9. The second kappa shape index (κ2) is 27.1. The number of hydrogen-bond donors (Lipinski definition) is 5. The SMILES string of the molecule is CO[C@H]1C=CCCCCC(=NNC(=O)CCOCCOCCOCCOCCNC(=O)CCCCC2SCC3NC(=O)NC32)CCC(C)=C[C@@H](C)[C@@H]1O. The van der Waals surface area contributed by atoms with Gasteiger partial charge in [-0.05, 0) is 58.3 Å². The highest BCUT2D eigenvalue weighted by atomic mass is 32.2. The van der Waals surface area contributed by atoms with Crippen LogP contribution in [-0.4, -0.2) is 130 Å². The molecule has 2 aliphatic heterocycles. The van der Waals surface area contributed by atoms with Crippen molar-refractivity contribution in [3.63, 3.8) is 0 Å². The van der Waals surface area contributed by atoms with Gasteiger partial charge in [-0.3, -0.25) is 9.59 Å². The number of carbonyl (C=O) groups is 3. The molecule has 3 unspecified atom stereocenters. The number of aliphatic hydroxyl groups is 1. The summed E-state index contributed by atoms with van der Waals surface area (Å²) in [5, 5.41) is 24.4. The molecule has 15 heteroatoms. The number of unbranched alkanes of at least 4 members (excludes halogenated alkanes) is 1. The second-order valence-corrected chi connectivity index (χ2v) is 15.1. The van der Waals surface area contributed by atoms with Crippen LogP contribution in [0.5, 0.6) is 0 Å². The molecule has 0 spiro atoms. The molecule has 3 aliphatic rings. The van der Waals surface area contributed by atoms with Crippen LogP contribution < -0.4 is 21.4 Å². The molecule has 0 saturated carbocycles. The lowest BCUT2D eigenvalue weighted by atomic mass is 9.94. The molecule has 0 aromatic carbocycles. The normalized spacial score (nSPS) is 26.0. The molecule has 6 atom stereocenters. The number of thioether (sulfide) groups is 1. The number of amides is 4. The molecule has 1 aliphatic carbocycles. The number of nitrogens with zero attached hydrogens (tertiary/aromatic N) is 1. The summed E-state index contributed by atoms with van der Waals surface area (Å²) in [5.74, 6) is 0.758. The summed E-state index contributed by atoms with van der Waals surface area (Å²) in [4.78, 5) is 35.9. The number of ether oxygens (including phenoxy) is 5. The summed E-state index contributed by atoms with van der Waals surface area (Å²) in [5.41, 5.74) is 4.84. The van der Waals surface area contributed by atoms with E-state index in [0.29, 0.717) is 64.5 Å². The number of carbonyl (C=O) groups excluding carboxylic acids is 3. The molecule has 0 aromatic rings. The number of urea groups is 1. The third-order valence-corrected chi connectivity index (χ3v) is 11.0. The standard InChI is InChI=1S/C38H65N5O9S/c1-28-14-15-30(10-6-4-5-7-11-32(48-3)37(46)29(2)26-28)42-43-35(45)16-18-49-20-22-51-24-25-52-23-21-50-19-17-39-34(44)13-9-8-12-33-36-31(27-53-33)40-38(47)41-36/h7,11,26,29,31-33,36-37,46H,4-6,8-10,12-25,27H2,1-3H3,(H,39,44)(H,43,45)(H2,40,41,47)/t29-,31?,32+,33?,36?,37+/m1/s1. The Morgan fingerprint density at radius 1 is 0.925 bits per heavy atom. The number of fused-ring (bicyclic) bond motifs is 1. The summed E-state index contributed by atoms with van der Waals surface area (Å²) in [6.45, 7) is 7.78. The van der Waals surface area contributed by atoms with Gasteiger partial charge in [0, 0.05) is 42.7 Å². The largest absolute Gasteiger partial charge is 0.389 e. The monoisotopic (exact) mass is 767 g/mol. The lowest BCUT2D eigenvalue weighted by Gasteiger charge is -2.23. The number of methoxy groups -OCH3 is 1. The van der Waals surface area contributed by atoms with Crippen LogP contribution in [0.25, 0.3) is 0 Å². The number of aliphatic hydroxyl groups excluding tert-OH is 1. The third kappa shape index (κ3) is 19.1. The molecule has 14 nitrogen and oxygen atoms in total. The predicted octanol–water partition coefficient (Wildman–Crippen LogP) is 3.63. The van der Waals surface area contributed by atoms with E-state index in [4.69, 9.17) is 23.7 Å².